The Hall–Kier alpha value is -3.50. The summed E-state index contributed by atoms with van der Waals surface area (Å²) in [7, 11) is 1.59. The molecule has 0 amide bonds. The summed E-state index contributed by atoms with van der Waals surface area (Å²) in [5, 5.41) is 0.383. The molecule has 0 unspecified atom stereocenters. The zero-order chi connectivity index (χ0) is 21.3. The molecule has 2 aromatic carbocycles. The maximum atomic E-state index is 13.5. The van der Waals surface area contributed by atoms with Gasteiger partial charge in [-0.05, 0) is 41.5 Å². The van der Waals surface area contributed by atoms with E-state index in [1.807, 2.05) is 0 Å². The van der Waals surface area contributed by atoms with E-state index in [0.717, 1.165) is 10.1 Å². The predicted molar refractivity (Wildman–Crippen MR) is 114 cm³/mol. The van der Waals surface area contributed by atoms with Crippen molar-refractivity contribution in [3.8, 4) is 11.8 Å². The Balaban J connectivity index is 1.70. The van der Waals surface area contributed by atoms with Crippen molar-refractivity contribution in [2.45, 2.75) is 13.0 Å². The first kappa shape index (κ1) is 19.8. The monoisotopic (exact) mass is 422 g/mol. The van der Waals surface area contributed by atoms with Crippen molar-refractivity contribution in [2.24, 2.45) is 7.05 Å². The van der Waals surface area contributed by atoms with E-state index >= 15 is 0 Å². The fourth-order valence-corrected chi connectivity index (χ4v) is 4.16. The molecule has 2 heterocycles. The SMILES string of the molecule is Cn1c(=O)n(Cc2cccc(F)c2)c(=O)c2cc(C#CCc3cccc(F)c3)sc21. The largest absolute Gasteiger partial charge is 0.332 e. The molecule has 0 atom stereocenters. The van der Waals surface area contributed by atoms with Crippen molar-refractivity contribution in [1.82, 2.24) is 9.13 Å². The average Bonchev–Trinajstić information content (AvgIpc) is 3.14. The predicted octanol–water partition coefficient (Wildman–Crippen LogP) is 3.68. The van der Waals surface area contributed by atoms with Gasteiger partial charge in [0.2, 0.25) is 0 Å². The van der Waals surface area contributed by atoms with Gasteiger partial charge in [0.1, 0.15) is 16.5 Å². The third kappa shape index (κ3) is 3.95. The number of hydrogen-bond acceptors (Lipinski definition) is 3. The number of nitrogens with zero attached hydrogens (tertiary/aromatic N) is 2. The molecule has 0 N–H and O–H groups in total. The lowest BCUT2D eigenvalue weighted by Gasteiger charge is -2.08. The van der Waals surface area contributed by atoms with Crippen LogP contribution in [0.1, 0.15) is 16.0 Å². The van der Waals surface area contributed by atoms with E-state index in [0.29, 0.717) is 27.1 Å². The first-order chi connectivity index (χ1) is 14.4. The number of halogens is 2. The van der Waals surface area contributed by atoms with Crippen LogP contribution in [0.15, 0.2) is 64.2 Å². The zero-order valence-electron chi connectivity index (χ0n) is 16.0. The average molecular weight is 422 g/mol. The molecule has 7 heteroatoms. The smallest absolute Gasteiger partial charge is 0.287 e. The van der Waals surface area contributed by atoms with E-state index in [1.54, 1.807) is 31.3 Å². The Morgan fingerprint density at radius 3 is 2.33 bits per heavy atom. The van der Waals surface area contributed by atoms with Crippen LogP contribution < -0.4 is 11.2 Å². The van der Waals surface area contributed by atoms with Gasteiger partial charge in [0, 0.05) is 13.5 Å². The lowest BCUT2D eigenvalue weighted by molar-refractivity contribution is 0.618. The lowest BCUT2D eigenvalue weighted by atomic mass is 10.1. The van der Waals surface area contributed by atoms with E-state index in [-0.39, 0.29) is 12.4 Å². The molecule has 0 aliphatic carbocycles. The minimum Gasteiger partial charge on any atom is -0.287 e. The Morgan fingerprint density at radius 2 is 1.63 bits per heavy atom. The summed E-state index contributed by atoms with van der Waals surface area (Å²) < 4.78 is 29.2. The van der Waals surface area contributed by atoms with Gasteiger partial charge < -0.3 is 0 Å². The highest BCUT2D eigenvalue weighted by atomic mass is 32.1. The van der Waals surface area contributed by atoms with Gasteiger partial charge in [0.15, 0.2) is 0 Å². The van der Waals surface area contributed by atoms with Crippen LogP contribution in [0.5, 0.6) is 0 Å². The fraction of sp³-hybridized carbons (Fsp3) is 0.130. The molecule has 4 aromatic rings. The molecule has 0 aliphatic rings. The maximum Gasteiger partial charge on any atom is 0.332 e. The van der Waals surface area contributed by atoms with Crippen LogP contribution in [0.3, 0.4) is 0 Å². The van der Waals surface area contributed by atoms with Gasteiger partial charge in [-0.25, -0.2) is 13.6 Å². The molecule has 0 aliphatic heterocycles. The quantitative estimate of drug-likeness (QED) is 0.473. The van der Waals surface area contributed by atoms with Crippen LogP contribution in [0.25, 0.3) is 10.2 Å². The molecular weight excluding hydrogens is 406 g/mol. The van der Waals surface area contributed by atoms with E-state index in [1.165, 1.54) is 46.2 Å². The van der Waals surface area contributed by atoms with Gasteiger partial charge in [-0.3, -0.25) is 13.9 Å². The number of rotatable bonds is 3. The molecule has 4 nitrogen and oxygen atoms in total. The van der Waals surface area contributed by atoms with Crippen molar-refractivity contribution < 1.29 is 8.78 Å². The molecule has 0 fully saturated rings. The van der Waals surface area contributed by atoms with Crippen molar-refractivity contribution in [3.63, 3.8) is 0 Å². The number of aryl methyl sites for hydroxylation is 1. The zero-order valence-corrected chi connectivity index (χ0v) is 16.8. The number of hydrogen-bond donors (Lipinski definition) is 0. The van der Waals surface area contributed by atoms with Crippen LogP contribution >= 0.6 is 11.3 Å². The molecule has 0 radical (unpaired) electrons. The summed E-state index contributed by atoms with van der Waals surface area (Å²) in [5.74, 6) is 5.22. The Morgan fingerprint density at radius 1 is 0.967 bits per heavy atom. The summed E-state index contributed by atoms with van der Waals surface area (Å²) >= 11 is 1.25. The van der Waals surface area contributed by atoms with Gasteiger partial charge in [0.25, 0.3) is 5.56 Å². The van der Waals surface area contributed by atoms with Gasteiger partial charge in [-0.2, -0.15) is 0 Å². The minimum absolute atomic E-state index is 0.0182. The maximum absolute atomic E-state index is 13.5. The van der Waals surface area contributed by atoms with E-state index in [4.69, 9.17) is 0 Å². The fourth-order valence-electron chi connectivity index (χ4n) is 3.18. The Kier molecular flexibility index (Phi) is 5.34. The molecule has 0 saturated carbocycles. The third-order valence-corrected chi connectivity index (χ3v) is 5.76. The number of benzene rings is 2. The summed E-state index contributed by atoms with van der Waals surface area (Å²) in [5.41, 5.74) is 0.372. The molecule has 4 rings (SSSR count). The first-order valence-corrected chi connectivity index (χ1v) is 9.95. The number of thiophene rings is 1. The normalized spacial score (nSPS) is 10.8. The minimum atomic E-state index is -0.474. The summed E-state index contributed by atoms with van der Waals surface area (Å²) in [4.78, 5) is 26.8. The van der Waals surface area contributed by atoms with Crippen LogP contribution in [0, 0.1) is 23.5 Å². The van der Waals surface area contributed by atoms with Crippen LogP contribution in [0.4, 0.5) is 8.78 Å². The second-order valence-corrected chi connectivity index (χ2v) is 7.83. The van der Waals surface area contributed by atoms with Gasteiger partial charge in [0.05, 0.1) is 16.8 Å². The van der Waals surface area contributed by atoms with Crippen LogP contribution in [-0.2, 0) is 20.0 Å². The molecule has 150 valence electrons. The van der Waals surface area contributed by atoms with E-state index in [2.05, 4.69) is 11.8 Å². The number of fused-ring (bicyclic) bond motifs is 1. The second-order valence-electron chi connectivity index (χ2n) is 6.80. The molecule has 0 saturated heterocycles. The summed E-state index contributed by atoms with van der Waals surface area (Å²) in [6.07, 6.45) is 0.370. The van der Waals surface area contributed by atoms with Crippen molar-refractivity contribution >= 4 is 21.6 Å². The number of aromatic nitrogens is 2. The highest BCUT2D eigenvalue weighted by molar-refractivity contribution is 7.19. The van der Waals surface area contributed by atoms with E-state index in [9.17, 15) is 18.4 Å². The second kappa shape index (κ2) is 8.09. The van der Waals surface area contributed by atoms with Gasteiger partial charge in [-0.1, -0.05) is 36.1 Å². The molecular formula is C23H16F2N2O2S. The Bertz CT molecular complexity index is 1440. The molecule has 30 heavy (non-hydrogen) atoms. The van der Waals surface area contributed by atoms with Crippen molar-refractivity contribution in [2.75, 3.05) is 0 Å². The van der Waals surface area contributed by atoms with Crippen LogP contribution in [0.2, 0.25) is 0 Å². The molecule has 0 bridgehead atoms. The molecule has 0 spiro atoms. The van der Waals surface area contributed by atoms with Gasteiger partial charge in [-0.15, -0.1) is 11.3 Å². The highest BCUT2D eigenvalue weighted by Gasteiger charge is 2.14. The lowest BCUT2D eigenvalue weighted by Crippen LogP contribution is -2.38. The topological polar surface area (TPSA) is 44.0 Å². The van der Waals surface area contributed by atoms with Crippen LogP contribution in [-0.4, -0.2) is 9.13 Å². The van der Waals surface area contributed by atoms with E-state index < -0.39 is 17.1 Å². The Labute approximate surface area is 174 Å². The van der Waals surface area contributed by atoms with Crippen molar-refractivity contribution in [3.05, 3.63) is 103 Å². The van der Waals surface area contributed by atoms with Gasteiger partial charge >= 0.3 is 5.69 Å². The standard InChI is InChI=1S/C23H16F2N2O2S/c1-26-22-20(13-19(30-22)10-4-6-15-5-2-8-17(24)11-15)21(28)27(23(26)29)14-16-7-3-9-18(25)12-16/h2-3,5,7-9,11-13H,6,14H2,1H3. The third-order valence-electron chi connectivity index (χ3n) is 4.63. The molecule has 2 aromatic heterocycles. The summed E-state index contributed by atoms with van der Waals surface area (Å²) in [6, 6.07) is 13.7. The first-order valence-electron chi connectivity index (χ1n) is 9.13. The summed E-state index contributed by atoms with van der Waals surface area (Å²) in [6.45, 7) is -0.0182. The van der Waals surface area contributed by atoms with Crippen molar-refractivity contribution in [1.29, 1.82) is 0 Å². The highest BCUT2D eigenvalue weighted by Crippen LogP contribution is 2.21.